The molecule has 0 bridgehead atoms. The minimum Gasteiger partial charge on any atom is -0.302 e. The number of hydrogen-bond donors (Lipinski definition) is 0. The van der Waals surface area contributed by atoms with E-state index in [0.717, 1.165) is 16.7 Å². The Kier molecular flexibility index (Phi) is 5.86. The van der Waals surface area contributed by atoms with E-state index >= 15 is 0 Å². The second kappa shape index (κ2) is 7.98. The number of benzene rings is 1. The van der Waals surface area contributed by atoms with Crippen LogP contribution < -0.4 is 0 Å². The molecule has 0 saturated carbocycles. The third-order valence-corrected chi connectivity index (χ3v) is 7.42. The van der Waals surface area contributed by atoms with Crippen LogP contribution in [0.3, 0.4) is 0 Å². The fourth-order valence-corrected chi connectivity index (χ4v) is 5.83. The minimum absolute atomic E-state index is 0.0411. The van der Waals surface area contributed by atoms with Gasteiger partial charge in [0.25, 0.3) is 0 Å². The number of aryl methyl sites for hydroxylation is 2. The van der Waals surface area contributed by atoms with Gasteiger partial charge in [-0.05, 0) is 31.9 Å². The van der Waals surface area contributed by atoms with Gasteiger partial charge in [-0.3, -0.25) is 4.79 Å². The number of Topliss-reactive ketones (excluding diaryl/α,β-unsaturated/α-hetero) is 1. The lowest BCUT2D eigenvalue weighted by Gasteiger charge is -2.11. The first kappa shape index (κ1) is 19.8. The largest absolute Gasteiger partial charge is 0.302 e. The van der Waals surface area contributed by atoms with Crippen LogP contribution in [0.15, 0.2) is 36.0 Å². The average molecular weight is 406 g/mol. The molecule has 1 aromatic carbocycles. The maximum atomic E-state index is 12.6. The summed E-state index contributed by atoms with van der Waals surface area (Å²) >= 11 is 1.33. The molecule has 6 nitrogen and oxygen atoms in total. The van der Waals surface area contributed by atoms with Crippen LogP contribution >= 0.6 is 11.8 Å². The van der Waals surface area contributed by atoms with Crippen LogP contribution in [0.1, 0.15) is 39.6 Å². The van der Waals surface area contributed by atoms with Crippen molar-refractivity contribution in [1.82, 2.24) is 14.8 Å². The lowest BCUT2D eigenvalue weighted by Crippen LogP contribution is -2.12. The highest BCUT2D eigenvalue weighted by Gasteiger charge is 2.33. The van der Waals surface area contributed by atoms with Crippen LogP contribution in [-0.4, -0.2) is 46.2 Å². The average Bonchev–Trinajstić information content (AvgIpc) is 3.18. The van der Waals surface area contributed by atoms with Crippen molar-refractivity contribution in [2.24, 2.45) is 0 Å². The lowest BCUT2D eigenvalue weighted by molar-refractivity contribution is 0.102. The van der Waals surface area contributed by atoms with E-state index < -0.39 is 9.84 Å². The quantitative estimate of drug-likeness (QED) is 0.400. The summed E-state index contributed by atoms with van der Waals surface area (Å²) in [6.45, 7) is 8.14. The Morgan fingerprint density at radius 2 is 2.15 bits per heavy atom. The molecule has 27 heavy (non-hydrogen) atoms. The van der Waals surface area contributed by atoms with Gasteiger partial charge >= 0.3 is 0 Å². The Morgan fingerprint density at radius 3 is 2.81 bits per heavy atom. The van der Waals surface area contributed by atoms with E-state index in [1.54, 1.807) is 6.08 Å². The van der Waals surface area contributed by atoms with E-state index in [2.05, 4.69) is 16.8 Å². The number of thioether (sulfide) groups is 1. The molecule has 1 aliphatic rings. The summed E-state index contributed by atoms with van der Waals surface area (Å²) in [6.07, 6.45) is 2.29. The molecule has 0 aliphatic carbocycles. The summed E-state index contributed by atoms with van der Waals surface area (Å²) < 4.78 is 25.5. The molecule has 3 rings (SSSR count). The molecule has 0 amide bonds. The predicted octanol–water partition coefficient (Wildman–Crippen LogP) is 2.96. The first-order valence-corrected chi connectivity index (χ1v) is 11.6. The Hall–Kier alpha value is -1.93. The van der Waals surface area contributed by atoms with Gasteiger partial charge in [-0.25, -0.2) is 8.42 Å². The number of nitrogens with zero attached hydrogens (tertiary/aromatic N) is 3. The van der Waals surface area contributed by atoms with E-state index in [0.29, 0.717) is 23.9 Å². The number of allylic oxidation sites excluding steroid dienone is 1. The minimum atomic E-state index is -3.00. The Labute approximate surface area is 164 Å². The Bertz CT molecular complexity index is 980. The van der Waals surface area contributed by atoms with Gasteiger partial charge in [0.1, 0.15) is 5.82 Å². The molecule has 1 aromatic heterocycles. The Balaban J connectivity index is 1.78. The highest BCUT2D eigenvalue weighted by atomic mass is 32.2. The van der Waals surface area contributed by atoms with Crippen LogP contribution in [0.4, 0.5) is 0 Å². The molecule has 2 aromatic rings. The highest BCUT2D eigenvalue weighted by molar-refractivity contribution is 7.99. The number of sulfone groups is 1. The first-order chi connectivity index (χ1) is 12.8. The molecular weight excluding hydrogens is 382 g/mol. The van der Waals surface area contributed by atoms with E-state index in [4.69, 9.17) is 0 Å². The SMILES string of the molecule is C=CCn1c(SCC(=O)c2cc(C)ccc2C)nnc1C1CCS(=O)(=O)C1. The van der Waals surface area contributed by atoms with E-state index in [1.807, 2.05) is 36.6 Å². The number of aromatic nitrogens is 3. The summed E-state index contributed by atoms with van der Waals surface area (Å²) in [5, 5.41) is 9.07. The van der Waals surface area contributed by atoms with Crippen LogP contribution in [0, 0.1) is 13.8 Å². The third-order valence-electron chi connectivity index (χ3n) is 4.68. The second-order valence-electron chi connectivity index (χ2n) is 6.87. The van der Waals surface area contributed by atoms with Gasteiger partial charge in [0.15, 0.2) is 20.8 Å². The zero-order valence-corrected chi connectivity index (χ0v) is 17.1. The third kappa shape index (κ3) is 4.50. The molecule has 144 valence electrons. The first-order valence-electron chi connectivity index (χ1n) is 8.78. The number of carbonyl (C=O) groups excluding carboxylic acids is 1. The number of carbonyl (C=O) groups is 1. The van der Waals surface area contributed by atoms with Gasteiger partial charge in [-0.15, -0.1) is 16.8 Å². The molecule has 1 atom stereocenters. The van der Waals surface area contributed by atoms with E-state index in [9.17, 15) is 13.2 Å². The number of rotatable bonds is 7. The summed E-state index contributed by atoms with van der Waals surface area (Å²) in [5.74, 6) is 1.10. The van der Waals surface area contributed by atoms with Crippen molar-refractivity contribution in [2.45, 2.75) is 37.9 Å². The van der Waals surface area contributed by atoms with Gasteiger partial charge in [0.05, 0.1) is 17.3 Å². The van der Waals surface area contributed by atoms with Crippen molar-refractivity contribution in [3.63, 3.8) is 0 Å². The fourth-order valence-electron chi connectivity index (χ4n) is 3.25. The summed E-state index contributed by atoms with van der Waals surface area (Å²) in [7, 11) is -3.00. The Morgan fingerprint density at radius 1 is 1.37 bits per heavy atom. The fraction of sp³-hybridized carbons (Fsp3) is 0.421. The van der Waals surface area contributed by atoms with Crippen molar-refractivity contribution in [2.75, 3.05) is 17.3 Å². The molecule has 0 N–H and O–H groups in total. The monoisotopic (exact) mass is 405 g/mol. The van der Waals surface area contributed by atoms with E-state index in [1.165, 1.54) is 11.8 Å². The normalized spacial score (nSPS) is 18.5. The van der Waals surface area contributed by atoms with Crippen molar-refractivity contribution >= 4 is 27.4 Å². The molecule has 1 unspecified atom stereocenters. The van der Waals surface area contributed by atoms with Gasteiger partial charge in [0.2, 0.25) is 0 Å². The van der Waals surface area contributed by atoms with Crippen LogP contribution in [0.5, 0.6) is 0 Å². The topological polar surface area (TPSA) is 81.9 Å². The molecule has 8 heteroatoms. The lowest BCUT2D eigenvalue weighted by atomic mass is 10.0. The van der Waals surface area contributed by atoms with Gasteiger partial charge in [-0.2, -0.15) is 0 Å². The molecule has 1 saturated heterocycles. The van der Waals surface area contributed by atoms with Crippen molar-refractivity contribution in [3.8, 4) is 0 Å². The van der Waals surface area contributed by atoms with Crippen LogP contribution in [0.2, 0.25) is 0 Å². The number of hydrogen-bond acceptors (Lipinski definition) is 6. The standard InChI is InChI=1S/C19H23N3O3S2/c1-4-8-22-18(15-7-9-27(24,25)12-15)20-21-19(22)26-11-17(23)16-10-13(2)5-6-14(16)3/h4-6,10,15H,1,7-9,11-12H2,2-3H3. The second-order valence-corrected chi connectivity index (χ2v) is 10.0. The van der Waals surface area contributed by atoms with Gasteiger partial charge < -0.3 is 4.57 Å². The summed E-state index contributed by atoms with van der Waals surface area (Å²) in [5.41, 5.74) is 2.73. The van der Waals surface area contributed by atoms with Gasteiger partial charge in [-0.1, -0.05) is 35.5 Å². The summed E-state index contributed by atoms with van der Waals surface area (Å²) in [4.78, 5) is 12.6. The zero-order valence-electron chi connectivity index (χ0n) is 15.5. The molecule has 0 spiro atoms. The zero-order chi connectivity index (χ0) is 19.6. The smallest absolute Gasteiger partial charge is 0.191 e. The molecule has 2 heterocycles. The van der Waals surface area contributed by atoms with Gasteiger partial charge in [0, 0.05) is 18.0 Å². The van der Waals surface area contributed by atoms with E-state index in [-0.39, 0.29) is 29.0 Å². The maximum Gasteiger partial charge on any atom is 0.191 e. The van der Waals surface area contributed by atoms with Crippen molar-refractivity contribution < 1.29 is 13.2 Å². The molecule has 0 radical (unpaired) electrons. The molecule has 1 aliphatic heterocycles. The van der Waals surface area contributed by atoms with Crippen molar-refractivity contribution in [3.05, 3.63) is 53.4 Å². The number of ketones is 1. The molecular formula is C19H23N3O3S2. The van der Waals surface area contributed by atoms with Crippen molar-refractivity contribution in [1.29, 1.82) is 0 Å². The molecule has 1 fully saturated rings. The summed E-state index contributed by atoms with van der Waals surface area (Å²) in [6, 6.07) is 5.84. The maximum absolute atomic E-state index is 12.6. The predicted molar refractivity (Wildman–Crippen MR) is 107 cm³/mol. The van der Waals surface area contributed by atoms with Crippen LogP contribution in [-0.2, 0) is 16.4 Å². The van der Waals surface area contributed by atoms with Crippen LogP contribution in [0.25, 0.3) is 0 Å². The highest BCUT2D eigenvalue weighted by Crippen LogP contribution is 2.30.